The number of nitrogens with zero attached hydrogens (tertiary/aromatic N) is 2. The van der Waals surface area contributed by atoms with E-state index in [1.54, 1.807) is 49.4 Å². The van der Waals surface area contributed by atoms with Crippen molar-refractivity contribution in [1.29, 1.82) is 0 Å². The molecule has 0 aliphatic heterocycles. The SMILES string of the molecule is CCOC(=O)c1ccccc1NC(=O)CN(Cc1ccc(OC)cc1)S(=O)(=O)c1cccnc1. The Morgan fingerprint density at radius 3 is 2.41 bits per heavy atom. The maximum Gasteiger partial charge on any atom is 0.340 e. The van der Waals surface area contributed by atoms with Crippen LogP contribution in [0.2, 0.25) is 0 Å². The minimum Gasteiger partial charge on any atom is -0.497 e. The zero-order valence-electron chi connectivity index (χ0n) is 18.8. The van der Waals surface area contributed by atoms with Crippen LogP contribution in [0.4, 0.5) is 5.69 Å². The molecule has 10 heteroatoms. The third-order valence-corrected chi connectivity index (χ3v) is 6.58. The highest BCUT2D eigenvalue weighted by Crippen LogP contribution is 2.21. The summed E-state index contributed by atoms with van der Waals surface area (Å²) in [5.41, 5.74) is 1.07. The van der Waals surface area contributed by atoms with Crippen molar-refractivity contribution in [2.75, 3.05) is 25.6 Å². The molecule has 178 valence electrons. The fraction of sp³-hybridized carbons (Fsp3) is 0.208. The summed E-state index contributed by atoms with van der Waals surface area (Å²) in [4.78, 5) is 29.0. The Morgan fingerprint density at radius 1 is 1.03 bits per heavy atom. The van der Waals surface area contributed by atoms with Gasteiger partial charge in [0, 0.05) is 18.9 Å². The van der Waals surface area contributed by atoms with E-state index in [4.69, 9.17) is 9.47 Å². The van der Waals surface area contributed by atoms with Crippen molar-refractivity contribution < 1.29 is 27.5 Å². The molecule has 0 saturated carbocycles. The number of hydrogen-bond donors (Lipinski definition) is 1. The Balaban J connectivity index is 1.87. The Hall–Kier alpha value is -3.76. The van der Waals surface area contributed by atoms with Crippen LogP contribution in [0.25, 0.3) is 0 Å². The lowest BCUT2D eigenvalue weighted by Crippen LogP contribution is -2.37. The predicted molar refractivity (Wildman–Crippen MR) is 126 cm³/mol. The average Bonchev–Trinajstić information content (AvgIpc) is 2.85. The van der Waals surface area contributed by atoms with E-state index in [9.17, 15) is 18.0 Å². The molecule has 2 aromatic carbocycles. The van der Waals surface area contributed by atoms with Crippen molar-refractivity contribution in [1.82, 2.24) is 9.29 Å². The van der Waals surface area contributed by atoms with Crippen LogP contribution in [0.1, 0.15) is 22.8 Å². The van der Waals surface area contributed by atoms with Gasteiger partial charge in [0.15, 0.2) is 0 Å². The minimum absolute atomic E-state index is 0.0387. The van der Waals surface area contributed by atoms with Gasteiger partial charge < -0.3 is 14.8 Å². The maximum absolute atomic E-state index is 13.3. The second-order valence-corrected chi connectivity index (χ2v) is 9.06. The van der Waals surface area contributed by atoms with Gasteiger partial charge in [-0.3, -0.25) is 9.78 Å². The minimum atomic E-state index is -4.05. The number of amides is 1. The largest absolute Gasteiger partial charge is 0.497 e. The van der Waals surface area contributed by atoms with E-state index in [1.165, 1.54) is 37.7 Å². The van der Waals surface area contributed by atoms with E-state index < -0.39 is 28.4 Å². The number of nitrogens with one attached hydrogen (secondary N) is 1. The number of ether oxygens (including phenoxy) is 2. The third-order valence-electron chi connectivity index (χ3n) is 4.81. The van der Waals surface area contributed by atoms with Crippen LogP contribution in [0.5, 0.6) is 5.75 Å². The molecule has 0 saturated heterocycles. The van der Waals surface area contributed by atoms with Crippen LogP contribution < -0.4 is 10.1 Å². The van der Waals surface area contributed by atoms with Crippen molar-refractivity contribution in [3.63, 3.8) is 0 Å². The lowest BCUT2D eigenvalue weighted by molar-refractivity contribution is -0.116. The number of carbonyl (C=O) groups excluding carboxylic acids is 2. The molecule has 34 heavy (non-hydrogen) atoms. The summed E-state index contributed by atoms with van der Waals surface area (Å²) in [5.74, 6) is -0.576. The van der Waals surface area contributed by atoms with Gasteiger partial charge in [0.25, 0.3) is 0 Å². The van der Waals surface area contributed by atoms with Crippen LogP contribution in [-0.4, -0.2) is 49.8 Å². The summed E-state index contributed by atoms with van der Waals surface area (Å²) < 4.78 is 37.9. The first-order valence-electron chi connectivity index (χ1n) is 10.4. The van der Waals surface area contributed by atoms with Gasteiger partial charge in [-0.25, -0.2) is 13.2 Å². The molecule has 0 aliphatic rings. The predicted octanol–water partition coefficient (Wildman–Crippen LogP) is 3.10. The zero-order chi connectivity index (χ0) is 24.6. The van der Waals surface area contributed by atoms with Crippen LogP contribution in [0, 0.1) is 0 Å². The van der Waals surface area contributed by atoms with E-state index in [-0.39, 0.29) is 29.3 Å². The first kappa shape index (κ1) is 24.9. The summed E-state index contributed by atoms with van der Waals surface area (Å²) in [6, 6.07) is 16.1. The first-order chi connectivity index (χ1) is 16.3. The number of sulfonamides is 1. The molecular weight excluding hydrogens is 458 g/mol. The molecular formula is C24H25N3O6S. The molecule has 0 bridgehead atoms. The number of carbonyl (C=O) groups is 2. The molecule has 9 nitrogen and oxygen atoms in total. The van der Waals surface area contributed by atoms with Gasteiger partial charge in [-0.1, -0.05) is 24.3 Å². The summed E-state index contributed by atoms with van der Waals surface area (Å²) >= 11 is 0. The van der Waals surface area contributed by atoms with Crippen LogP contribution >= 0.6 is 0 Å². The van der Waals surface area contributed by atoms with E-state index >= 15 is 0 Å². The van der Waals surface area contributed by atoms with Gasteiger partial charge in [0.1, 0.15) is 10.6 Å². The summed E-state index contributed by atoms with van der Waals surface area (Å²) in [6.45, 7) is 1.31. The maximum atomic E-state index is 13.3. The molecule has 3 aromatic rings. The van der Waals surface area contributed by atoms with Crippen LogP contribution in [0.3, 0.4) is 0 Å². The molecule has 0 aliphatic carbocycles. The van der Waals surface area contributed by atoms with Gasteiger partial charge in [0.05, 0.1) is 31.5 Å². The Labute approximate surface area is 198 Å². The Kier molecular flexibility index (Phi) is 8.34. The van der Waals surface area contributed by atoms with E-state index in [0.29, 0.717) is 11.3 Å². The van der Waals surface area contributed by atoms with Crippen LogP contribution in [0.15, 0.2) is 78.0 Å². The van der Waals surface area contributed by atoms with Gasteiger partial charge in [-0.15, -0.1) is 0 Å². The normalized spacial score (nSPS) is 11.1. The second kappa shape index (κ2) is 11.4. The molecule has 0 fully saturated rings. The van der Waals surface area contributed by atoms with E-state index in [1.807, 2.05) is 0 Å². The standard InChI is InChI=1S/C24H25N3O6S/c1-3-33-24(29)21-8-4-5-9-22(21)26-23(28)17-27(16-18-10-12-19(32-2)13-11-18)34(30,31)20-7-6-14-25-15-20/h4-15H,3,16-17H2,1-2H3,(H,26,28). The third kappa shape index (κ3) is 6.18. The molecule has 1 heterocycles. The molecule has 0 spiro atoms. The molecule has 0 radical (unpaired) electrons. The van der Waals surface area contributed by atoms with Crippen molar-refractivity contribution in [3.05, 3.63) is 84.2 Å². The Bertz CT molecular complexity index is 1230. The number of para-hydroxylation sites is 1. The lowest BCUT2D eigenvalue weighted by atomic mass is 10.2. The molecule has 0 atom stereocenters. The van der Waals surface area contributed by atoms with Crippen molar-refractivity contribution in [3.8, 4) is 5.75 Å². The van der Waals surface area contributed by atoms with Crippen molar-refractivity contribution in [2.45, 2.75) is 18.4 Å². The number of anilines is 1. The number of benzene rings is 2. The number of methoxy groups -OCH3 is 1. The molecule has 3 rings (SSSR count). The van der Waals surface area contributed by atoms with Gasteiger partial charge >= 0.3 is 5.97 Å². The number of rotatable bonds is 10. The number of esters is 1. The number of aromatic nitrogens is 1. The van der Waals surface area contributed by atoms with E-state index in [2.05, 4.69) is 10.3 Å². The monoisotopic (exact) mass is 483 g/mol. The fourth-order valence-corrected chi connectivity index (χ4v) is 4.49. The second-order valence-electron chi connectivity index (χ2n) is 7.12. The highest BCUT2D eigenvalue weighted by molar-refractivity contribution is 7.89. The smallest absolute Gasteiger partial charge is 0.340 e. The topological polar surface area (TPSA) is 115 Å². The molecule has 1 N–H and O–H groups in total. The number of pyridine rings is 1. The highest BCUT2D eigenvalue weighted by Gasteiger charge is 2.27. The quantitative estimate of drug-likeness (QED) is 0.441. The van der Waals surface area contributed by atoms with Crippen molar-refractivity contribution >= 4 is 27.6 Å². The zero-order valence-corrected chi connectivity index (χ0v) is 19.6. The molecule has 1 aromatic heterocycles. The summed E-state index contributed by atoms with van der Waals surface area (Å²) in [5, 5.41) is 2.63. The number of hydrogen-bond acceptors (Lipinski definition) is 7. The summed E-state index contributed by atoms with van der Waals surface area (Å²) in [7, 11) is -2.52. The summed E-state index contributed by atoms with van der Waals surface area (Å²) in [6.07, 6.45) is 2.69. The van der Waals surface area contributed by atoms with Crippen molar-refractivity contribution in [2.24, 2.45) is 0 Å². The molecule has 1 amide bonds. The van der Waals surface area contributed by atoms with Gasteiger partial charge in [-0.2, -0.15) is 4.31 Å². The highest BCUT2D eigenvalue weighted by atomic mass is 32.2. The van der Waals surface area contributed by atoms with Gasteiger partial charge in [-0.05, 0) is 48.9 Å². The Morgan fingerprint density at radius 2 is 1.76 bits per heavy atom. The molecule has 0 unspecified atom stereocenters. The van der Waals surface area contributed by atoms with E-state index in [0.717, 1.165) is 4.31 Å². The van der Waals surface area contributed by atoms with Crippen LogP contribution in [-0.2, 0) is 26.1 Å². The van der Waals surface area contributed by atoms with Gasteiger partial charge in [0.2, 0.25) is 15.9 Å². The lowest BCUT2D eigenvalue weighted by Gasteiger charge is -2.22. The fourth-order valence-electron chi connectivity index (χ4n) is 3.14. The average molecular weight is 484 g/mol. The first-order valence-corrected chi connectivity index (χ1v) is 11.9.